The minimum absolute atomic E-state index is 0.0392. The van der Waals surface area contributed by atoms with E-state index in [9.17, 15) is 9.59 Å². The van der Waals surface area contributed by atoms with Crippen LogP contribution in [0.1, 0.15) is 30.0 Å². The van der Waals surface area contributed by atoms with Crippen molar-refractivity contribution in [3.05, 3.63) is 104 Å². The van der Waals surface area contributed by atoms with Crippen molar-refractivity contribution in [3.63, 3.8) is 0 Å². The number of hydrogen-bond donors (Lipinski definition) is 1. The minimum atomic E-state index is -0.589. The Bertz CT molecular complexity index is 1080. The SMILES string of the molecule is CCCNC(=O)C(Cc1ccccc1)N(Cc1ccc(Br)cc1)C(=O)CSCc1ccc(Br)cc1. The maximum absolute atomic E-state index is 13.6. The molecule has 7 heteroatoms. The monoisotopic (exact) mass is 616 g/mol. The van der Waals surface area contributed by atoms with Gasteiger partial charge in [-0.05, 0) is 47.4 Å². The van der Waals surface area contributed by atoms with Crippen molar-refractivity contribution in [3.8, 4) is 0 Å². The summed E-state index contributed by atoms with van der Waals surface area (Å²) in [4.78, 5) is 28.6. The number of rotatable bonds is 12. The number of halogens is 2. The van der Waals surface area contributed by atoms with Crippen molar-refractivity contribution in [1.29, 1.82) is 0 Å². The first kappa shape index (κ1) is 27.5. The van der Waals surface area contributed by atoms with E-state index in [-0.39, 0.29) is 11.8 Å². The third-order valence-corrected chi connectivity index (χ3v) is 7.54. The number of nitrogens with one attached hydrogen (secondary N) is 1. The van der Waals surface area contributed by atoms with Gasteiger partial charge in [0.05, 0.1) is 5.75 Å². The summed E-state index contributed by atoms with van der Waals surface area (Å²) in [7, 11) is 0. The summed E-state index contributed by atoms with van der Waals surface area (Å²) in [6.07, 6.45) is 1.31. The van der Waals surface area contributed by atoms with E-state index >= 15 is 0 Å². The molecule has 0 saturated heterocycles. The fourth-order valence-corrected chi connectivity index (χ4v) is 5.03. The molecule has 0 fully saturated rings. The van der Waals surface area contributed by atoms with Gasteiger partial charge in [0.2, 0.25) is 11.8 Å². The fraction of sp³-hybridized carbons (Fsp3) is 0.286. The standard InChI is InChI=1S/C28H30Br2N2O2S/c1-2-16-31-28(34)26(17-21-6-4-3-5-7-21)32(18-22-8-12-24(29)13-9-22)27(33)20-35-19-23-10-14-25(30)15-11-23/h3-15,26H,2,16-20H2,1H3,(H,31,34). The smallest absolute Gasteiger partial charge is 0.243 e. The zero-order valence-electron chi connectivity index (χ0n) is 19.8. The average molecular weight is 618 g/mol. The Morgan fingerprint density at radius 1 is 0.857 bits per heavy atom. The molecular weight excluding hydrogens is 588 g/mol. The van der Waals surface area contributed by atoms with E-state index in [1.165, 1.54) is 0 Å². The van der Waals surface area contributed by atoms with E-state index in [4.69, 9.17) is 0 Å². The van der Waals surface area contributed by atoms with Crippen molar-refractivity contribution in [2.75, 3.05) is 12.3 Å². The lowest BCUT2D eigenvalue weighted by Gasteiger charge is -2.31. The van der Waals surface area contributed by atoms with E-state index < -0.39 is 6.04 Å². The molecule has 0 radical (unpaired) electrons. The number of benzene rings is 3. The van der Waals surface area contributed by atoms with Crippen LogP contribution in [0.2, 0.25) is 0 Å². The number of carbonyl (C=O) groups is 2. The van der Waals surface area contributed by atoms with E-state index in [1.54, 1.807) is 16.7 Å². The van der Waals surface area contributed by atoms with Crippen LogP contribution >= 0.6 is 43.6 Å². The molecule has 3 rings (SSSR count). The van der Waals surface area contributed by atoms with Gasteiger partial charge in [0.25, 0.3) is 0 Å². The van der Waals surface area contributed by atoms with Crippen LogP contribution in [0.4, 0.5) is 0 Å². The molecule has 0 bridgehead atoms. The molecule has 0 spiro atoms. The highest BCUT2D eigenvalue weighted by molar-refractivity contribution is 9.10. The van der Waals surface area contributed by atoms with Crippen LogP contribution in [-0.4, -0.2) is 35.1 Å². The van der Waals surface area contributed by atoms with Crippen LogP contribution in [0, 0.1) is 0 Å². The first-order valence-corrected chi connectivity index (χ1v) is 14.4. The number of amides is 2. The van der Waals surface area contributed by atoms with Gasteiger partial charge in [-0.2, -0.15) is 0 Å². The van der Waals surface area contributed by atoms with Gasteiger partial charge in [-0.1, -0.05) is 93.4 Å². The molecule has 0 aliphatic heterocycles. The Morgan fingerprint density at radius 3 is 2.06 bits per heavy atom. The maximum atomic E-state index is 13.6. The summed E-state index contributed by atoms with van der Waals surface area (Å²) in [6.45, 7) is 2.99. The third kappa shape index (κ3) is 9.13. The number of hydrogen-bond acceptors (Lipinski definition) is 3. The highest BCUT2D eigenvalue weighted by Crippen LogP contribution is 2.20. The van der Waals surface area contributed by atoms with Gasteiger partial charge in [-0.15, -0.1) is 11.8 Å². The predicted molar refractivity (Wildman–Crippen MR) is 152 cm³/mol. The van der Waals surface area contributed by atoms with Gasteiger partial charge in [-0.25, -0.2) is 0 Å². The van der Waals surface area contributed by atoms with Crippen LogP contribution in [-0.2, 0) is 28.3 Å². The van der Waals surface area contributed by atoms with Gasteiger partial charge in [0.15, 0.2) is 0 Å². The first-order valence-electron chi connectivity index (χ1n) is 11.6. The van der Waals surface area contributed by atoms with Gasteiger partial charge >= 0.3 is 0 Å². The Labute approximate surface area is 229 Å². The lowest BCUT2D eigenvalue weighted by atomic mass is 10.0. The predicted octanol–water partition coefficient (Wildman–Crippen LogP) is 6.61. The lowest BCUT2D eigenvalue weighted by molar-refractivity contribution is -0.139. The van der Waals surface area contributed by atoms with Crippen molar-refractivity contribution in [2.24, 2.45) is 0 Å². The van der Waals surface area contributed by atoms with E-state index in [0.29, 0.717) is 25.3 Å². The van der Waals surface area contributed by atoms with Crippen LogP contribution in [0.15, 0.2) is 87.8 Å². The van der Waals surface area contributed by atoms with E-state index in [0.717, 1.165) is 37.8 Å². The molecule has 0 aliphatic carbocycles. The Hall–Kier alpha value is -2.09. The van der Waals surface area contributed by atoms with Crippen LogP contribution in [0.25, 0.3) is 0 Å². The molecule has 2 amide bonds. The molecule has 3 aromatic carbocycles. The molecule has 0 aromatic heterocycles. The quantitative estimate of drug-likeness (QED) is 0.249. The topological polar surface area (TPSA) is 49.4 Å². The second-order valence-electron chi connectivity index (χ2n) is 8.26. The molecular formula is C28H30Br2N2O2S. The van der Waals surface area contributed by atoms with Gasteiger partial charge in [0, 0.05) is 34.2 Å². The number of nitrogens with zero attached hydrogens (tertiary/aromatic N) is 1. The molecule has 35 heavy (non-hydrogen) atoms. The normalized spacial score (nSPS) is 11.6. The highest BCUT2D eigenvalue weighted by Gasteiger charge is 2.30. The molecule has 0 heterocycles. The minimum Gasteiger partial charge on any atom is -0.354 e. The van der Waals surface area contributed by atoms with Crippen LogP contribution in [0.3, 0.4) is 0 Å². The van der Waals surface area contributed by atoms with Gasteiger partial charge in [-0.3, -0.25) is 9.59 Å². The van der Waals surface area contributed by atoms with Crippen molar-refractivity contribution >= 4 is 55.4 Å². The molecule has 0 saturated carbocycles. The summed E-state index contributed by atoms with van der Waals surface area (Å²) in [5.74, 6) is 0.886. The Balaban J connectivity index is 1.81. The molecule has 1 unspecified atom stereocenters. The third-order valence-electron chi connectivity index (χ3n) is 5.49. The number of carbonyl (C=O) groups excluding carboxylic acids is 2. The fourth-order valence-electron chi connectivity index (χ4n) is 3.63. The largest absolute Gasteiger partial charge is 0.354 e. The lowest BCUT2D eigenvalue weighted by Crippen LogP contribution is -2.51. The number of thioether (sulfide) groups is 1. The van der Waals surface area contributed by atoms with Gasteiger partial charge in [0.1, 0.15) is 6.04 Å². The summed E-state index contributed by atoms with van der Waals surface area (Å²) in [5, 5.41) is 3.02. The Morgan fingerprint density at radius 2 is 1.46 bits per heavy atom. The summed E-state index contributed by atoms with van der Waals surface area (Å²) in [6, 6.07) is 25.3. The molecule has 184 valence electrons. The summed E-state index contributed by atoms with van der Waals surface area (Å²) >= 11 is 8.50. The van der Waals surface area contributed by atoms with E-state index in [1.807, 2.05) is 73.7 Å². The van der Waals surface area contributed by atoms with Crippen LogP contribution < -0.4 is 5.32 Å². The average Bonchev–Trinajstić information content (AvgIpc) is 2.87. The Kier molecular flexibility index (Phi) is 11.4. The van der Waals surface area contributed by atoms with Crippen LogP contribution in [0.5, 0.6) is 0 Å². The van der Waals surface area contributed by atoms with Crippen molar-refractivity contribution in [1.82, 2.24) is 10.2 Å². The second kappa shape index (κ2) is 14.5. The zero-order chi connectivity index (χ0) is 25.0. The zero-order valence-corrected chi connectivity index (χ0v) is 23.7. The first-order chi connectivity index (χ1) is 17.0. The molecule has 4 nitrogen and oxygen atoms in total. The summed E-state index contributed by atoms with van der Waals surface area (Å²) < 4.78 is 2.01. The maximum Gasteiger partial charge on any atom is 0.243 e. The molecule has 1 N–H and O–H groups in total. The van der Waals surface area contributed by atoms with E-state index in [2.05, 4.69) is 49.3 Å². The van der Waals surface area contributed by atoms with Crippen molar-refractivity contribution in [2.45, 2.75) is 38.1 Å². The molecule has 3 aromatic rings. The van der Waals surface area contributed by atoms with Crippen molar-refractivity contribution < 1.29 is 9.59 Å². The highest BCUT2D eigenvalue weighted by atomic mass is 79.9. The molecule has 0 aliphatic rings. The summed E-state index contributed by atoms with van der Waals surface area (Å²) in [5.41, 5.74) is 3.17. The van der Waals surface area contributed by atoms with Gasteiger partial charge < -0.3 is 10.2 Å². The second-order valence-corrected chi connectivity index (χ2v) is 11.1. The molecule has 1 atom stereocenters.